The molecular weight excluding hydrogens is 360 g/mol. The summed E-state index contributed by atoms with van der Waals surface area (Å²) in [5.74, 6) is 0. The van der Waals surface area contributed by atoms with E-state index < -0.39 is 14.9 Å². The molecule has 0 heterocycles. The van der Waals surface area contributed by atoms with Gasteiger partial charge in [0.2, 0.25) is 0 Å². The minimum absolute atomic E-state index is 0.0309. The van der Waals surface area contributed by atoms with E-state index in [-0.39, 0.29) is 16.3 Å². The molecular formula is C14H13ClN2O4S2. The summed E-state index contributed by atoms with van der Waals surface area (Å²) < 4.78 is 27.6. The van der Waals surface area contributed by atoms with Crippen LogP contribution in [0.4, 0.5) is 11.4 Å². The van der Waals surface area contributed by atoms with Gasteiger partial charge in [-0.2, -0.15) is 0 Å². The Bertz CT molecular complexity index is 869. The van der Waals surface area contributed by atoms with Crippen molar-refractivity contribution < 1.29 is 13.3 Å². The maximum absolute atomic E-state index is 12.6. The fourth-order valence-electron chi connectivity index (χ4n) is 1.89. The molecule has 6 nitrogen and oxygen atoms in total. The second kappa shape index (κ2) is 6.77. The Balaban J connectivity index is 2.49. The van der Waals surface area contributed by atoms with E-state index in [1.807, 2.05) is 0 Å². The summed E-state index contributed by atoms with van der Waals surface area (Å²) in [5.41, 5.74) is 0.544. The number of nitrogens with zero attached hydrogens (tertiary/aromatic N) is 1. The Labute approximate surface area is 143 Å². The quantitative estimate of drug-likeness (QED) is 0.485. The van der Waals surface area contributed by atoms with Gasteiger partial charge in [0.1, 0.15) is 4.90 Å². The van der Waals surface area contributed by atoms with E-state index in [1.165, 1.54) is 36.0 Å². The number of sulfonamides is 1. The van der Waals surface area contributed by atoms with Crippen LogP contribution in [0, 0.1) is 17.0 Å². The fourth-order valence-corrected chi connectivity index (χ4v) is 4.41. The molecule has 2 aromatic carbocycles. The van der Waals surface area contributed by atoms with Crippen molar-refractivity contribution in [1.82, 2.24) is 0 Å². The van der Waals surface area contributed by atoms with Crippen LogP contribution in [0.1, 0.15) is 5.56 Å². The average molecular weight is 373 g/mol. The first-order chi connectivity index (χ1) is 10.7. The standard InChI is InChI=1S/C14H13ClN2O4S2/c1-9-3-5-11(17(18)19)8-12(9)16-23(20,21)14-7-10(15)4-6-13(14)22-2/h3-8,16H,1-2H3. The number of rotatable bonds is 5. The number of nitro benzene ring substituents is 1. The third-order valence-electron chi connectivity index (χ3n) is 3.09. The van der Waals surface area contributed by atoms with Gasteiger partial charge in [0, 0.05) is 22.1 Å². The lowest BCUT2D eigenvalue weighted by atomic mass is 10.2. The maximum atomic E-state index is 12.6. The number of benzene rings is 2. The molecule has 0 radical (unpaired) electrons. The van der Waals surface area contributed by atoms with Crippen molar-refractivity contribution in [1.29, 1.82) is 0 Å². The van der Waals surface area contributed by atoms with Gasteiger partial charge in [-0.25, -0.2) is 8.42 Å². The normalized spacial score (nSPS) is 11.3. The van der Waals surface area contributed by atoms with E-state index in [1.54, 1.807) is 25.3 Å². The number of anilines is 1. The van der Waals surface area contributed by atoms with Crippen LogP contribution < -0.4 is 4.72 Å². The molecule has 0 aromatic heterocycles. The van der Waals surface area contributed by atoms with Crippen molar-refractivity contribution in [3.8, 4) is 0 Å². The number of halogens is 1. The maximum Gasteiger partial charge on any atom is 0.271 e. The first kappa shape index (κ1) is 17.6. The van der Waals surface area contributed by atoms with Crippen LogP contribution in [0.15, 0.2) is 46.2 Å². The zero-order valence-corrected chi connectivity index (χ0v) is 14.6. The highest BCUT2D eigenvalue weighted by molar-refractivity contribution is 7.99. The third-order valence-corrected chi connectivity index (χ3v) is 5.66. The van der Waals surface area contributed by atoms with E-state index in [2.05, 4.69) is 4.72 Å². The van der Waals surface area contributed by atoms with Gasteiger partial charge < -0.3 is 0 Å². The first-order valence-corrected chi connectivity index (χ1v) is 9.44. The van der Waals surface area contributed by atoms with Crippen LogP contribution in [-0.2, 0) is 10.0 Å². The van der Waals surface area contributed by atoms with Crippen LogP contribution in [0.3, 0.4) is 0 Å². The lowest BCUT2D eigenvalue weighted by Crippen LogP contribution is -2.15. The summed E-state index contributed by atoms with van der Waals surface area (Å²) in [6.45, 7) is 1.66. The minimum Gasteiger partial charge on any atom is -0.279 e. The lowest BCUT2D eigenvalue weighted by molar-refractivity contribution is -0.384. The van der Waals surface area contributed by atoms with Crippen LogP contribution in [0.25, 0.3) is 0 Å². The number of nitro groups is 1. The van der Waals surface area contributed by atoms with Crippen molar-refractivity contribution in [3.63, 3.8) is 0 Å². The van der Waals surface area contributed by atoms with E-state index in [9.17, 15) is 18.5 Å². The number of aryl methyl sites for hydroxylation is 1. The van der Waals surface area contributed by atoms with Gasteiger partial charge in [-0.15, -0.1) is 11.8 Å². The van der Waals surface area contributed by atoms with Crippen molar-refractivity contribution >= 4 is 44.8 Å². The molecule has 1 N–H and O–H groups in total. The van der Waals surface area contributed by atoms with E-state index >= 15 is 0 Å². The summed E-state index contributed by atoms with van der Waals surface area (Å²) in [6.07, 6.45) is 1.75. The molecule has 0 spiro atoms. The molecule has 0 saturated carbocycles. The van der Waals surface area contributed by atoms with Crippen molar-refractivity contribution in [2.45, 2.75) is 16.7 Å². The second-order valence-electron chi connectivity index (χ2n) is 4.66. The molecule has 0 aliphatic carbocycles. The molecule has 0 bridgehead atoms. The number of thioether (sulfide) groups is 1. The molecule has 0 amide bonds. The van der Waals surface area contributed by atoms with Crippen LogP contribution >= 0.6 is 23.4 Å². The zero-order valence-electron chi connectivity index (χ0n) is 12.2. The van der Waals surface area contributed by atoms with E-state index in [4.69, 9.17) is 11.6 Å². The molecule has 0 aliphatic rings. The molecule has 0 saturated heterocycles. The third kappa shape index (κ3) is 3.95. The average Bonchev–Trinajstić information content (AvgIpc) is 2.49. The number of non-ortho nitro benzene ring substituents is 1. The Hall–Kier alpha value is -1.77. The predicted molar refractivity (Wildman–Crippen MR) is 91.9 cm³/mol. The lowest BCUT2D eigenvalue weighted by Gasteiger charge is -2.13. The Morgan fingerprint density at radius 2 is 1.91 bits per heavy atom. The summed E-state index contributed by atoms with van der Waals surface area (Å²) in [7, 11) is -3.92. The highest BCUT2D eigenvalue weighted by atomic mass is 35.5. The van der Waals surface area contributed by atoms with Gasteiger partial charge >= 0.3 is 0 Å². The molecule has 0 atom stereocenters. The highest BCUT2D eigenvalue weighted by Gasteiger charge is 2.21. The van der Waals surface area contributed by atoms with Gasteiger partial charge in [-0.3, -0.25) is 14.8 Å². The largest absolute Gasteiger partial charge is 0.279 e. The number of hydrogen-bond donors (Lipinski definition) is 1. The molecule has 122 valence electrons. The Kier molecular flexibility index (Phi) is 5.18. The smallest absolute Gasteiger partial charge is 0.271 e. The van der Waals surface area contributed by atoms with E-state index in [0.717, 1.165) is 0 Å². The molecule has 2 aromatic rings. The minimum atomic E-state index is -3.92. The molecule has 0 unspecified atom stereocenters. The van der Waals surface area contributed by atoms with Crippen LogP contribution in [0.5, 0.6) is 0 Å². The van der Waals surface area contributed by atoms with E-state index in [0.29, 0.717) is 15.5 Å². The van der Waals surface area contributed by atoms with Crippen LogP contribution in [0.2, 0.25) is 5.02 Å². The SMILES string of the molecule is CSc1ccc(Cl)cc1S(=O)(=O)Nc1cc([N+](=O)[O-])ccc1C. The van der Waals surface area contributed by atoms with Gasteiger partial charge in [-0.1, -0.05) is 17.7 Å². The van der Waals surface area contributed by atoms with Crippen molar-refractivity contribution in [2.24, 2.45) is 0 Å². The summed E-state index contributed by atoms with van der Waals surface area (Å²) in [5, 5.41) is 11.1. The molecule has 9 heteroatoms. The fraction of sp³-hybridized carbons (Fsp3) is 0.143. The van der Waals surface area contributed by atoms with Crippen molar-refractivity contribution in [2.75, 3.05) is 11.0 Å². The summed E-state index contributed by atoms with van der Waals surface area (Å²) >= 11 is 7.16. The van der Waals surface area contributed by atoms with Gasteiger partial charge in [0.25, 0.3) is 15.7 Å². The number of nitrogens with one attached hydrogen (secondary N) is 1. The van der Waals surface area contributed by atoms with Gasteiger partial charge in [-0.05, 0) is 36.9 Å². The number of hydrogen-bond acceptors (Lipinski definition) is 5. The second-order valence-corrected chi connectivity index (χ2v) is 7.59. The Morgan fingerprint density at radius 3 is 2.52 bits per heavy atom. The van der Waals surface area contributed by atoms with Crippen LogP contribution in [-0.4, -0.2) is 19.6 Å². The first-order valence-electron chi connectivity index (χ1n) is 6.36. The van der Waals surface area contributed by atoms with Gasteiger partial charge in [0.15, 0.2) is 0 Å². The molecule has 0 fully saturated rings. The van der Waals surface area contributed by atoms with Gasteiger partial charge in [0.05, 0.1) is 10.6 Å². The molecule has 2 rings (SSSR count). The topological polar surface area (TPSA) is 89.3 Å². The van der Waals surface area contributed by atoms with Crippen molar-refractivity contribution in [3.05, 3.63) is 57.1 Å². The summed E-state index contributed by atoms with van der Waals surface area (Å²) in [6, 6.07) is 8.56. The predicted octanol–water partition coefficient (Wildman–Crippen LogP) is 4.08. The zero-order chi connectivity index (χ0) is 17.2. The molecule has 0 aliphatic heterocycles. The summed E-state index contributed by atoms with van der Waals surface area (Å²) in [4.78, 5) is 10.8. The Morgan fingerprint density at radius 1 is 1.22 bits per heavy atom. The highest BCUT2D eigenvalue weighted by Crippen LogP contribution is 2.30. The monoisotopic (exact) mass is 372 g/mol. The molecule has 23 heavy (non-hydrogen) atoms.